The van der Waals surface area contributed by atoms with Crippen LogP contribution in [0.2, 0.25) is 0 Å². The number of hydrogen-bond acceptors (Lipinski definition) is 2. The van der Waals surface area contributed by atoms with Gasteiger partial charge in [0.1, 0.15) is 11.6 Å². The maximum Gasteiger partial charge on any atom is 0.155 e. The lowest BCUT2D eigenvalue weighted by Gasteiger charge is -2.05. The first kappa shape index (κ1) is 12.2. The topological polar surface area (TPSA) is 48.8 Å². The summed E-state index contributed by atoms with van der Waals surface area (Å²) in [5.74, 6) is 0.905. The lowest BCUT2D eigenvalue weighted by Crippen LogP contribution is -1.86. The van der Waals surface area contributed by atoms with E-state index in [2.05, 4.69) is 11.1 Å². The number of nitriles is 1. The highest BCUT2D eigenvalue weighted by Crippen LogP contribution is 2.33. The maximum absolute atomic E-state index is 13.4. The van der Waals surface area contributed by atoms with Gasteiger partial charge in [-0.1, -0.05) is 0 Å². The first-order chi connectivity index (χ1) is 9.67. The number of aromatic nitrogens is 1. The van der Waals surface area contributed by atoms with Crippen LogP contribution in [-0.4, -0.2) is 4.98 Å². The maximum atomic E-state index is 13.4. The Hall–Kier alpha value is -2.80. The predicted molar refractivity (Wildman–Crippen MR) is 74.2 cm³/mol. The molecule has 0 saturated heterocycles. The minimum atomic E-state index is -0.304. The molecular weight excluding hydrogens is 255 g/mol. The average molecular weight is 266 g/mol. The molecule has 0 fully saturated rings. The smallest absolute Gasteiger partial charge is 0.155 e. The summed E-state index contributed by atoms with van der Waals surface area (Å²) in [4.78, 5) is 3.15. The number of nitrogens with zero attached hydrogens (tertiary/aromatic N) is 1. The van der Waals surface area contributed by atoms with E-state index >= 15 is 0 Å². The van der Waals surface area contributed by atoms with Gasteiger partial charge in [0.2, 0.25) is 0 Å². The normalized spacial score (nSPS) is 10.4. The van der Waals surface area contributed by atoms with E-state index in [9.17, 15) is 4.39 Å². The van der Waals surface area contributed by atoms with E-state index in [1.807, 2.05) is 6.92 Å². The summed E-state index contributed by atoms with van der Waals surface area (Å²) >= 11 is 0. The summed E-state index contributed by atoms with van der Waals surface area (Å²) < 4.78 is 19.2. The summed E-state index contributed by atoms with van der Waals surface area (Å²) in [6.07, 6.45) is 0. The van der Waals surface area contributed by atoms with Gasteiger partial charge in [0.05, 0.1) is 17.3 Å². The third-order valence-electron chi connectivity index (χ3n) is 3.09. The van der Waals surface area contributed by atoms with Crippen LogP contribution in [0, 0.1) is 24.1 Å². The molecule has 0 aliphatic carbocycles. The Bertz CT molecular complexity index is 813. The van der Waals surface area contributed by atoms with Crippen LogP contribution in [0.5, 0.6) is 11.5 Å². The molecule has 1 heterocycles. The minimum absolute atomic E-state index is 0.304. The summed E-state index contributed by atoms with van der Waals surface area (Å²) in [5, 5.41) is 9.46. The highest BCUT2D eigenvalue weighted by Gasteiger charge is 2.11. The van der Waals surface area contributed by atoms with Crippen LogP contribution in [0.1, 0.15) is 11.3 Å². The van der Waals surface area contributed by atoms with Crippen LogP contribution in [0.15, 0.2) is 42.5 Å². The number of rotatable bonds is 2. The molecule has 0 atom stereocenters. The molecule has 2 aromatic carbocycles. The summed E-state index contributed by atoms with van der Waals surface area (Å²) in [6.45, 7) is 1.87. The molecule has 0 spiro atoms. The van der Waals surface area contributed by atoms with Crippen LogP contribution in [0.25, 0.3) is 10.9 Å². The Morgan fingerprint density at radius 3 is 2.60 bits per heavy atom. The van der Waals surface area contributed by atoms with Crippen molar-refractivity contribution >= 4 is 10.9 Å². The summed E-state index contributed by atoms with van der Waals surface area (Å²) in [5.41, 5.74) is 2.22. The van der Waals surface area contributed by atoms with Gasteiger partial charge in [-0.3, -0.25) is 0 Å². The first-order valence-electron chi connectivity index (χ1n) is 6.13. The van der Waals surface area contributed by atoms with Gasteiger partial charge in [-0.05, 0) is 49.4 Å². The van der Waals surface area contributed by atoms with Crippen molar-refractivity contribution in [2.24, 2.45) is 0 Å². The quantitative estimate of drug-likeness (QED) is 0.752. The third kappa shape index (κ3) is 2.10. The SMILES string of the molecule is Cc1[nH]c2ccc(F)cc2c1Oc1ccc(C#N)cc1. The van der Waals surface area contributed by atoms with Gasteiger partial charge in [-0.15, -0.1) is 0 Å². The second-order valence-corrected chi connectivity index (χ2v) is 4.51. The summed E-state index contributed by atoms with van der Waals surface area (Å²) in [7, 11) is 0. The highest BCUT2D eigenvalue weighted by molar-refractivity contribution is 5.88. The van der Waals surface area contributed by atoms with E-state index in [0.717, 1.165) is 11.2 Å². The predicted octanol–water partition coefficient (Wildman–Crippen LogP) is 4.28. The third-order valence-corrected chi connectivity index (χ3v) is 3.09. The van der Waals surface area contributed by atoms with Crippen LogP contribution < -0.4 is 4.74 Å². The molecule has 0 amide bonds. The van der Waals surface area contributed by atoms with Crippen LogP contribution in [-0.2, 0) is 0 Å². The molecule has 0 radical (unpaired) electrons. The van der Waals surface area contributed by atoms with Crippen molar-refractivity contribution in [2.45, 2.75) is 6.92 Å². The van der Waals surface area contributed by atoms with Crippen molar-refractivity contribution in [3.63, 3.8) is 0 Å². The second-order valence-electron chi connectivity index (χ2n) is 4.51. The van der Waals surface area contributed by atoms with E-state index in [1.165, 1.54) is 12.1 Å². The molecule has 1 N–H and O–H groups in total. The molecule has 4 heteroatoms. The van der Waals surface area contributed by atoms with E-state index < -0.39 is 0 Å². The van der Waals surface area contributed by atoms with Crippen molar-refractivity contribution in [1.82, 2.24) is 4.98 Å². The molecule has 3 nitrogen and oxygen atoms in total. The number of nitrogens with one attached hydrogen (secondary N) is 1. The van der Waals surface area contributed by atoms with Crippen molar-refractivity contribution in [3.8, 4) is 17.6 Å². The van der Waals surface area contributed by atoms with Gasteiger partial charge >= 0.3 is 0 Å². The Morgan fingerprint density at radius 2 is 1.90 bits per heavy atom. The number of halogens is 1. The number of H-pyrrole nitrogens is 1. The first-order valence-corrected chi connectivity index (χ1v) is 6.13. The highest BCUT2D eigenvalue weighted by atomic mass is 19.1. The van der Waals surface area contributed by atoms with Crippen molar-refractivity contribution in [3.05, 3.63) is 59.5 Å². The Kier molecular flexibility index (Phi) is 2.88. The molecule has 3 aromatic rings. The van der Waals surface area contributed by atoms with E-state index in [0.29, 0.717) is 22.4 Å². The van der Waals surface area contributed by atoms with Gasteiger partial charge in [0.25, 0.3) is 0 Å². The summed E-state index contributed by atoms with van der Waals surface area (Å²) in [6, 6.07) is 13.4. The van der Waals surface area contributed by atoms with Crippen LogP contribution >= 0.6 is 0 Å². The fraction of sp³-hybridized carbons (Fsp3) is 0.0625. The number of ether oxygens (including phenoxy) is 1. The van der Waals surface area contributed by atoms with Gasteiger partial charge in [-0.25, -0.2) is 4.39 Å². The molecular formula is C16H11FN2O. The molecule has 1 aromatic heterocycles. The van der Waals surface area contributed by atoms with Gasteiger partial charge in [0, 0.05) is 10.9 Å². The number of aryl methyl sites for hydroxylation is 1. The molecule has 20 heavy (non-hydrogen) atoms. The number of hydrogen-bond donors (Lipinski definition) is 1. The zero-order chi connectivity index (χ0) is 14.1. The van der Waals surface area contributed by atoms with Crippen molar-refractivity contribution < 1.29 is 9.13 Å². The lowest BCUT2D eigenvalue weighted by molar-refractivity contribution is 0.484. The largest absolute Gasteiger partial charge is 0.455 e. The lowest BCUT2D eigenvalue weighted by atomic mass is 10.2. The van der Waals surface area contributed by atoms with Crippen LogP contribution in [0.3, 0.4) is 0 Å². The molecule has 0 aliphatic heterocycles. The average Bonchev–Trinajstić information content (AvgIpc) is 2.76. The standard InChI is InChI=1S/C16H11FN2O/c1-10-16(14-8-12(17)4-7-15(14)19-10)20-13-5-2-11(9-18)3-6-13/h2-8,19H,1H3. The number of benzene rings is 2. The monoisotopic (exact) mass is 266 g/mol. The van der Waals surface area contributed by atoms with Crippen molar-refractivity contribution in [2.75, 3.05) is 0 Å². The van der Waals surface area contributed by atoms with Gasteiger partial charge < -0.3 is 9.72 Å². The fourth-order valence-corrected chi connectivity index (χ4v) is 2.12. The van der Waals surface area contributed by atoms with E-state index in [-0.39, 0.29) is 5.82 Å². The second kappa shape index (κ2) is 4.71. The molecule has 0 saturated carbocycles. The Labute approximate surface area is 115 Å². The fourth-order valence-electron chi connectivity index (χ4n) is 2.12. The molecule has 0 aliphatic rings. The number of aromatic amines is 1. The molecule has 3 rings (SSSR count). The van der Waals surface area contributed by atoms with E-state index in [1.54, 1.807) is 30.3 Å². The Morgan fingerprint density at radius 1 is 1.15 bits per heavy atom. The molecule has 0 unspecified atom stereocenters. The molecule has 98 valence electrons. The minimum Gasteiger partial charge on any atom is -0.455 e. The van der Waals surface area contributed by atoms with E-state index in [4.69, 9.17) is 10.00 Å². The molecule has 0 bridgehead atoms. The Balaban J connectivity index is 2.03. The zero-order valence-corrected chi connectivity index (χ0v) is 10.8. The van der Waals surface area contributed by atoms with Crippen LogP contribution in [0.4, 0.5) is 4.39 Å². The van der Waals surface area contributed by atoms with Gasteiger partial charge in [-0.2, -0.15) is 5.26 Å². The number of fused-ring (bicyclic) bond motifs is 1. The zero-order valence-electron chi connectivity index (χ0n) is 10.8. The van der Waals surface area contributed by atoms with Gasteiger partial charge in [0.15, 0.2) is 5.75 Å². The van der Waals surface area contributed by atoms with Crippen molar-refractivity contribution in [1.29, 1.82) is 5.26 Å².